The zero-order valence-corrected chi connectivity index (χ0v) is 18.3. The highest BCUT2D eigenvalue weighted by atomic mass is 35.5. The summed E-state index contributed by atoms with van der Waals surface area (Å²) in [4.78, 5) is 12.1. The number of ether oxygens (including phenoxy) is 1. The van der Waals surface area contributed by atoms with Gasteiger partial charge in [-0.3, -0.25) is 4.79 Å². The van der Waals surface area contributed by atoms with Gasteiger partial charge >= 0.3 is 0 Å². The van der Waals surface area contributed by atoms with E-state index in [0.29, 0.717) is 54.4 Å². The third-order valence-electron chi connectivity index (χ3n) is 4.95. The number of hydrogen-bond donors (Lipinski definition) is 2. The summed E-state index contributed by atoms with van der Waals surface area (Å²) in [5, 5.41) is 17.2. The Labute approximate surface area is 190 Å². The lowest BCUT2D eigenvalue weighted by Gasteiger charge is -2.07. The smallest absolute Gasteiger partial charge is 0.220 e. The summed E-state index contributed by atoms with van der Waals surface area (Å²) in [7, 11) is 1.55. The molecule has 0 radical (unpaired) electrons. The molecule has 1 amide bonds. The second-order valence-electron chi connectivity index (χ2n) is 7.13. The number of aromatic nitrogens is 2. The monoisotopic (exact) mass is 455 g/mol. The van der Waals surface area contributed by atoms with Crippen LogP contribution in [-0.2, 0) is 17.6 Å². The van der Waals surface area contributed by atoms with Crippen LogP contribution in [0.4, 0.5) is 10.2 Å². The Kier molecular flexibility index (Phi) is 7.68. The number of carbonyl (C=O) groups is 1. The van der Waals surface area contributed by atoms with Crippen LogP contribution in [0.15, 0.2) is 42.5 Å². The number of anilines is 1. The minimum absolute atomic E-state index is 0.0752. The van der Waals surface area contributed by atoms with Gasteiger partial charge in [-0.1, -0.05) is 17.7 Å². The van der Waals surface area contributed by atoms with Crippen LogP contribution in [0.5, 0.6) is 5.75 Å². The van der Waals surface area contributed by atoms with Gasteiger partial charge in [0.2, 0.25) is 5.91 Å². The highest BCUT2D eigenvalue weighted by Crippen LogP contribution is 2.25. The van der Waals surface area contributed by atoms with Gasteiger partial charge in [0, 0.05) is 13.0 Å². The van der Waals surface area contributed by atoms with Crippen molar-refractivity contribution in [2.75, 3.05) is 19.4 Å². The maximum Gasteiger partial charge on any atom is 0.220 e. The molecule has 1 aromatic heterocycles. The van der Waals surface area contributed by atoms with Crippen molar-refractivity contribution in [3.8, 4) is 17.5 Å². The predicted octanol–water partition coefficient (Wildman–Crippen LogP) is 3.81. The molecule has 0 spiro atoms. The maximum absolute atomic E-state index is 13.2. The van der Waals surface area contributed by atoms with E-state index in [-0.39, 0.29) is 23.1 Å². The summed E-state index contributed by atoms with van der Waals surface area (Å²) in [5.74, 6) is 0.357. The predicted molar refractivity (Wildman–Crippen MR) is 120 cm³/mol. The van der Waals surface area contributed by atoms with E-state index in [1.807, 2.05) is 6.07 Å². The molecule has 166 valence electrons. The molecular weight excluding hydrogens is 433 g/mol. The third kappa shape index (κ3) is 5.56. The van der Waals surface area contributed by atoms with Gasteiger partial charge in [-0.25, -0.2) is 9.07 Å². The number of aryl methyl sites for hydroxylation is 2. The van der Waals surface area contributed by atoms with E-state index in [1.54, 1.807) is 31.4 Å². The SMILES string of the molecule is COc1ccc(CCC(=O)NCCCc2nn(-c3ccc(F)cc3)c(N)c2C#N)cc1Cl. The van der Waals surface area contributed by atoms with Crippen LogP contribution in [-0.4, -0.2) is 29.3 Å². The molecule has 1 heterocycles. The van der Waals surface area contributed by atoms with Gasteiger partial charge in [0.1, 0.15) is 29.0 Å². The highest BCUT2D eigenvalue weighted by Gasteiger charge is 2.16. The quantitative estimate of drug-likeness (QED) is 0.477. The molecule has 0 aliphatic rings. The number of benzene rings is 2. The van der Waals surface area contributed by atoms with E-state index >= 15 is 0 Å². The lowest BCUT2D eigenvalue weighted by atomic mass is 10.1. The Hall–Kier alpha value is -3.57. The number of nitrogens with one attached hydrogen (secondary N) is 1. The number of halogens is 2. The Morgan fingerprint density at radius 1 is 1.28 bits per heavy atom. The summed E-state index contributed by atoms with van der Waals surface area (Å²) in [6.07, 6.45) is 1.95. The van der Waals surface area contributed by atoms with Gasteiger partial charge in [0.15, 0.2) is 0 Å². The average molecular weight is 456 g/mol. The maximum atomic E-state index is 13.2. The molecule has 3 N–H and O–H groups in total. The first-order valence-electron chi connectivity index (χ1n) is 10.1. The van der Waals surface area contributed by atoms with Crippen LogP contribution in [0.25, 0.3) is 5.69 Å². The van der Waals surface area contributed by atoms with Crippen molar-refractivity contribution < 1.29 is 13.9 Å². The van der Waals surface area contributed by atoms with Crippen molar-refractivity contribution in [2.45, 2.75) is 25.7 Å². The van der Waals surface area contributed by atoms with Crippen LogP contribution < -0.4 is 15.8 Å². The van der Waals surface area contributed by atoms with Crippen molar-refractivity contribution in [1.29, 1.82) is 5.26 Å². The minimum Gasteiger partial charge on any atom is -0.495 e. The number of nitrogens with zero attached hydrogens (tertiary/aromatic N) is 3. The fraction of sp³-hybridized carbons (Fsp3) is 0.261. The summed E-state index contributed by atoms with van der Waals surface area (Å²) in [6, 6.07) is 13.2. The summed E-state index contributed by atoms with van der Waals surface area (Å²) >= 11 is 6.11. The first-order chi connectivity index (χ1) is 15.4. The minimum atomic E-state index is -0.369. The summed E-state index contributed by atoms with van der Waals surface area (Å²) in [6.45, 7) is 0.441. The molecule has 0 aliphatic heterocycles. The van der Waals surface area contributed by atoms with E-state index in [4.69, 9.17) is 22.1 Å². The molecule has 32 heavy (non-hydrogen) atoms. The van der Waals surface area contributed by atoms with Crippen molar-refractivity contribution in [1.82, 2.24) is 15.1 Å². The number of hydrogen-bond acceptors (Lipinski definition) is 5. The zero-order valence-electron chi connectivity index (χ0n) is 17.6. The molecule has 0 atom stereocenters. The van der Waals surface area contributed by atoms with Crippen molar-refractivity contribution >= 4 is 23.3 Å². The third-order valence-corrected chi connectivity index (χ3v) is 5.24. The number of rotatable bonds is 9. The summed E-state index contributed by atoms with van der Waals surface area (Å²) in [5.41, 5.74) is 8.40. The Morgan fingerprint density at radius 3 is 2.69 bits per heavy atom. The number of methoxy groups -OCH3 is 1. The van der Waals surface area contributed by atoms with E-state index < -0.39 is 0 Å². The van der Waals surface area contributed by atoms with E-state index in [1.165, 1.54) is 16.8 Å². The molecule has 0 saturated heterocycles. The number of amides is 1. The van der Waals surface area contributed by atoms with E-state index in [9.17, 15) is 14.4 Å². The molecule has 0 unspecified atom stereocenters. The molecule has 0 saturated carbocycles. The van der Waals surface area contributed by atoms with Crippen LogP contribution in [0.3, 0.4) is 0 Å². The van der Waals surface area contributed by atoms with Crippen LogP contribution in [0.1, 0.15) is 29.7 Å². The standard InChI is InChI=1S/C23H23ClFN5O2/c1-32-21-10-4-15(13-19(21)24)5-11-22(31)28-12-2-3-20-18(14-26)23(27)30(29-20)17-8-6-16(25)7-9-17/h4,6-10,13H,2-3,5,11-12,27H2,1H3,(H,28,31). The number of nitriles is 1. The van der Waals surface area contributed by atoms with E-state index in [2.05, 4.69) is 16.5 Å². The Balaban J connectivity index is 1.50. The topological polar surface area (TPSA) is 106 Å². The molecule has 3 rings (SSSR count). The van der Waals surface area contributed by atoms with E-state index in [0.717, 1.165) is 5.56 Å². The molecule has 2 aromatic carbocycles. The van der Waals surface area contributed by atoms with Gasteiger partial charge in [-0.15, -0.1) is 0 Å². The molecule has 0 fully saturated rings. The van der Waals surface area contributed by atoms with Gasteiger partial charge < -0.3 is 15.8 Å². The average Bonchev–Trinajstić information content (AvgIpc) is 3.11. The highest BCUT2D eigenvalue weighted by molar-refractivity contribution is 6.32. The second kappa shape index (κ2) is 10.6. The van der Waals surface area contributed by atoms with Crippen LogP contribution >= 0.6 is 11.6 Å². The van der Waals surface area contributed by atoms with Gasteiger partial charge in [0.25, 0.3) is 0 Å². The largest absolute Gasteiger partial charge is 0.495 e. The summed E-state index contributed by atoms with van der Waals surface area (Å²) < 4.78 is 19.7. The van der Waals surface area contributed by atoms with Crippen molar-refractivity contribution in [2.24, 2.45) is 0 Å². The fourth-order valence-electron chi connectivity index (χ4n) is 3.25. The normalized spacial score (nSPS) is 10.6. The molecule has 0 bridgehead atoms. The fourth-order valence-corrected chi connectivity index (χ4v) is 3.53. The molecule has 0 aliphatic carbocycles. The van der Waals surface area contributed by atoms with Gasteiger partial charge in [-0.2, -0.15) is 10.4 Å². The first-order valence-corrected chi connectivity index (χ1v) is 10.4. The zero-order chi connectivity index (χ0) is 23.1. The number of carbonyl (C=O) groups excluding carboxylic acids is 1. The lowest BCUT2D eigenvalue weighted by Crippen LogP contribution is -2.25. The number of nitrogen functional groups attached to an aromatic ring is 1. The Bertz CT molecular complexity index is 1140. The number of nitrogens with two attached hydrogens (primary N) is 1. The molecule has 7 nitrogen and oxygen atoms in total. The molecule has 9 heteroatoms. The van der Waals surface area contributed by atoms with Crippen molar-refractivity contribution in [3.63, 3.8) is 0 Å². The first kappa shape index (κ1) is 23.1. The second-order valence-corrected chi connectivity index (χ2v) is 7.54. The van der Waals surface area contributed by atoms with Gasteiger partial charge in [-0.05, 0) is 61.2 Å². The Morgan fingerprint density at radius 2 is 2.03 bits per heavy atom. The molecular formula is C23H23ClFN5O2. The lowest BCUT2D eigenvalue weighted by molar-refractivity contribution is -0.121. The van der Waals surface area contributed by atoms with Crippen LogP contribution in [0, 0.1) is 17.1 Å². The molecule has 3 aromatic rings. The van der Waals surface area contributed by atoms with Crippen molar-refractivity contribution in [3.05, 3.63) is 70.1 Å². The van der Waals surface area contributed by atoms with Gasteiger partial charge in [0.05, 0.1) is 23.5 Å². The van der Waals surface area contributed by atoms with Crippen LogP contribution in [0.2, 0.25) is 5.02 Å².